The highest BCUT2D eigenvalue weighted by atomic mass is 32.1. The van der Waals surface area contributed by atoms with E-state index in [-0.39, 0.29) is 28.0 Å². The van der Waals surface area contributed by atoms with Crippen molar-refractivity contribution < 1.29 is 18.8 Å². The number of ether oxygens (including phenoxy) is 2. The van der Waals surface area contributed by atoms with Crippen LogP contribution in [0.15, 0.2) is 28.0 Å². The molecule has 0 radical (unpaired) electrons. The lowest BCUT2D eigenvalue weighted by atomic mass is 10.1. The minimum atomic E-state index is -0.530. The third kappa shape index (κ3) is 2.48. The molecular formula is C11H10N2O5S. The predicted molar refractivity (Wildman–Crippen MR) is 68.9 cm³/mol. The lowest BCUT2D eigenvalue weighted by Gasteiger charge is -2.09. The Morgan fingerprint density at radius 1 is 1.32 bits per heavy atom. The SMILES string of the molecule is COc1cc(-c2cnc(S)o2)c([N+](=O)[O-])cc1OC. The number of nitrogens with zero attached hydrogens (tertiary/aromatic N) is 2. The highest BCUT2D eigenvalue weighted by Crippen LogP contribution is 2.40. The Morgan fingerprint density at radius 2 is 1.95 bits per heavy atom. The Bertz CT molecular complexity index is 626. The van der Waals surface area contributed by atoms with Crippen molar-refractivity contribution in [3.63, 3.8) is 0 Å². The molecule has 1 aromatic heterocycles. The van der Waals surface area contributed by atoms with Crippen LogP contribution in [0.5, 0.6) is 11.5 Å². The first-order valence-electron chi connectivity index (χ1n) is 5.12. The fraction of sp³-hybridized carbons (Fsp3) is 0.182. The quantitative estimate of drug-likeness (QED) is 0.526. The molecule has 0 saturated carbocycles. The van der Waals surface area contributed by atoms with Gasteiger partial charge in [-0.15, -0.1) is 0 Å². The molecule has 0 N–H and O–H groups in total. The van der Waals surface area contributed by atoms with Crippen LogP contribution in [0.3, 0.4) is 0 Å². The Balaban J connectivity index is 2.67. The molecule has 0 aliphatic carbocycles. The van der Waals surface area contributed by atoms with Crippen LogP contribution in [0.25, 0.3) is 11.3 Å². The second-order valence-electron chi connectivity index (χ2n) is 3.49. The Kier molecular flexibility index (Phi) is 3.61. The number of rotatable bonds is 4. The second kappa shape index (κ2) is 5.19. The van der Waals surface area contributed by atoms with Gasteiger partial charge in [0.05, 0.1) is 31.4 Å². The molecule has 0 bridgehead atoms. The summed E-state index contributed by atoms with van der Waals surface area (Å²) in [6.45, 7) is 0. The van der Waals surface area contributed by atoms with E-state index in [0.29, 0.717) is 5.75 Å². The van der Waals surface area contributed by atoms with E-state index in [1.54, 1.807) is 0 Å². The van der Waals surface area contributed by atoms with Gasteiger partial charge in [-0.05, 0) is 0 Å². The number of benzene rings is 1. The topological polar surface area (TPSA) is 87.6 Å². The van der Waals surface area contributed by atoms with E-state index in [1.165, 1.54) is 32.5 Å². The van der Waals surface area contributed by atoms with Gasteiger partial charge in [0.2, 0.25) is 0 Å². The Hall–Kier alpha value is -2.22. The highest BCUT2D eigenvalue weighted by Gasteiger charge is 2.23. The zero-order chi connectivity index (χ0) is 14.0. The highest BCUT2D eigenvalue weighted by molar-refractivity contribution is 7.80. The number of nitro groups is 1. The molecule has 7 nitrogen and oxygen atoms in total. The number of hydrogen-bond acceptors (Lipinski definition) is 7. The summed E-state index contributed by atoms with van der Waals surface area (Å²) >= 11 is 3.93. The van der Waals surface area contributed by atoms with Crippen LogP contribution in [-0.2, 0) is 0 Å². The molecule has 19 heavy (non-hydrogen) atoms. The van der Waals surface area contributed by atoms with E-state index in [1.807, 2.05) is 0 Å². The third-order valence-corrected chi connectivity index (χ3v) is 2.66. The van der Waals surface area contributed by atoms with E-state index in [0.717, 1.165) is 0 Å². The molecule has 0 aliphatic rings. The second-order valence-corrected chi connectivity index (χ2v) is 3.87. The van der Waals surface area contributed by atoms with E-state index < -0.39 is 4.92 Å². The summed E-state index contributed by atoms with van der Waals surface area (Å²) in [5.74, 6) is 0.862. The zero-order valence-corrected chi connectivity index (χ0v) is 11.0. The third-order valence-electron chi connectivity index (χ3n) is 2.46. The Morgan fingerprint density at radius 3 is 2.42 bits per heavy atom. The largest absolute Gasteiger partial charge is 0.493 e. The summed E-state index contributed by atoms with van der Waals surface area (Å²) in [6, 6.07) is 2.74. The molecule has 0 saturated heterocycles. The van der Waals surface area contributed by atoms with Crippen LogP contribution in [0.1, 0.15) is 0 Å². The summed E-state index contributed by atoms with van der Waals surface area (Å²) in [6.07, 6.45) is 1.36. The lowest BCUT2D eigenvalue weighted by Crippen LogP contribution is -1.96. The number of oxazole rings is 1. The van der Waals surface area contributed by atoms with Crippen molar-refractivity contribution in [2.75, 3.05) is 14.2 Å². The van der Waals surface area contributed by atoms with Gasteiger partial charge < -0.3 is 13.9 Å². The summed E-state index contributed by atoms with van der Waals surface area (Å²) in [7, 11) is 2.85. The van der Waals surface area contributed by atoms with E-state index >= 15 is 0 Å². The van der Waals surface area contributed by atoms with Gasteiger partial charge in [0.1, 0.15) is 5.56 Å². The van der Waals surface area contributed by atoms with E-state index in [4.69, 9.17) is 13.9 Å². The van der Waals surface area contributed by atoms with Gasteiger partial charge in [-0.3, -0.25) is 10.1 Å². The minimum Gasteiger partial charge on any atom is -0.493 e. The molecule has 2 aromatic rings. The van der Waals surface area contributed by atoms with Crippen LogP contribution in [-0.4, -0.2) is 24.1 Å². The van der Waals surface area contributed by atoms with Crippen LogP contribution in [0.4, 0.5) is 5.69 Å². The molecule has 2 rings (SSSR count). The van der Waals surface area contributed by atoms with Crippen LogP contribution >= 0.6 is 12.6 Å². The van der Waals surface area contributed by atoms with E-state index in [2.05, 4.69) is 17.6 Å². The smallest absolute Gasteiger partial charge is 0.284 e. The maximum atomic E-state index is 11.1. The number of nitro benzene ring substituents is 1. The Labute approximate surface area is 113 Å². The average molecular weight is 282 g/mol. The van der Waals surface area contributed by atoms with Gasteiger partial charge >= 0.3 is 0 Å². The van der Waals surface area contributed by atoms with Crippen molar-refractivity contribution in [2.45, 2.75) is 5.22 Å². The number of aromatic nitrogens is 1. The minimum absolute atomic E-state index is 0.124. The van der Waals surface area contributed by atoms with Crippen molar-refractivity contribution in [3.8, 4) is 22.8 Å². The molecule has 8 heteroatoms. The van der Waals surface area contributed by atoms with Crippen LogP contribution in [0.2, 0.25) is 0 Å². The molecule has 0 unspecified atom stereocenters. The predicted octanol–water partition coefficient (Wildman–Crippen LogP) is 2.56. The molecule has 0 amide bonds. The summed E-state index contributed by atoms with van der Waals surface area (Å²) in [4.78, 5) is 14.4. The standard InChI is InChI=1S/C11H10N2O5S/c1-16-8-3-6(10-5-12-11(19)18-10)7(13(14)15)4-9(8)17-2/h3-5H,1-2H3,(H,12,19). The fourth-order valence-electron chi connectivity index (χ4n) is 1.61. The summed E-state index contributed by atoms with van der Waals surface area (Å²) in [5, 5.41) is 11.2. The first-order valence-corrected chi connectivity index (χ1v) is 5.57. The molecule has 0 fully saturated rings. The number of methoxy groups -OCH3 is 2. The summed E-state index contributed by atoms with van der Waals surface area (Å²) in [5.41, 5.74) is 0.0811. The lowest BCUT2D eigenvalue weighted by molar-refractivity contribution is -0.384. The normalized spacial score (nSPS) is 10.3. The van der Waals surface area contributed by atoms with Gasteiger partial charge in [0.15, 0.2) is 17.3 Å². The molecule has 0 spiro atoms. The van der Waals surface area contributed by atoms with Crippen molar-refractivity contribution in [3.05, 3.63) is 28.4 Å². The van der Waals surface area contributed by atoms with Gasteiger partial charge in [-0.1, -0.05) is 12.6 Å². The van der Waals surface area contributed by atoms with Gasteiger partial charge in [0.25, 0.3) is 10.9 Å². The maximum Gasteiger partial charge on any atom is 0.284 e. The molecule has 1 aromatic carbocycles. The van der Waals surface area contributed by atoms with Gasteiger partial charge in [0, 0.05) is 6.07 Å². The van der Waals surface area contributed by atoms with Gasteiger partial charge in [-0.25, -0.2) is 4.98 Å². The molecule has 1 heterocycles. The molecule has 100 valence electrons. The monoisotopic (exact) mass is 282 g/mol. The van der Waals surface area contributed by atoms with Crippen LogP contribution < -0.4 is 9.47 Å². The van der Waals surface area contributed by atoms with Crippen molar-refractivity contribution in [1.29, 1.82) is 0 Å². The van der Waals surface area contributed by atoms with Crippen molar-refractivity contribution >= 4 is 18.3 Å². The first-order chi connectivity index (χ1) is 9.06. The van der Waals surface area contributed by atoms with Crippen LogP contribution in [0, 0.1) is 10.1 Å². The summed E-state index contributed by atoms with van der Waals surface area (Å²) < 4.78 is 15.3. The maximum absolute atomic E-state index is 11.1. The fourth-order valence-corrected chi connectivity index (χ4v) is 1.76. The van der Waals surface area contributed by atoms with Crippen molar-refractivity contribution in [2.24, 2.45) is 0 Å². The van der Waals surface area contributed by atoms with Gasteiger partial charge in [-0.2, -0.15) is 0 Å². The molecular weight excluding hydrogens is 272 g/mol. The van der Waals surface area contributed by atoms with E-state index in [9.17, 15) is 10.1 Å². The zero-order valence-electron chi connectivity index (χ0n) is 10.1. The van der Waals surface area contributed by atoms with Crippen molar-refractivity contribution in [1.82, 2.24) is 4.98 Å². The molecule has 0 atom stereocenters. The first kappa shape index (κ1) is 13.2. The molecule has 0 aliphatic heterocycles. The number of hydrogen-bond donors (Lipinski definition) is 1. The number of thiol groups is 1. The average Bonchev–Trinajstić information content (AvgIpc) is 2.83.